The molecule has 0 bridgehead atoms. The molecule has 1 aromatic carbocycles. The van der Waals surface area contributed by atoms with Crippen molar-refractivity contribution in [2.45, 2.75) is 46.2 Å². The summed E-state index contributed by atoms with van der Waals surface area (Å²) in [6.45, 7) is 5.61. The van der Waals surface area contributed by atoms with E-state index in [1.54, 1.807) is 4.57 Å². The zero-order valence-corrected chi connectivity index (χ0v) is 19.9. The van der Waals surface area contributed by atoms with Crippen LogP contribution in [0.15, 0.2) is 71.9 Å². The van der Waals surface area contributed by atoms with E-state index in [4.69, 9.17) is 4.98 Å². The Hall–Kier alpha value is -4.27. The number of rotatable bonds is 9. The van der Waals surface area contributed by atoms with E-state index in [2.05, 4.69) is 39.0 Å². The van der Waals surface area contributed by atoms with Gasteiger partial charge in [-0.2, -0.15) is 5.21 Å². The summed E-state index contributed by atoms with van der Waals surface area (Å²) in [7, 11) is 0. The van der Waals surface area contributed by atoms with Crippen molar-refractivity contribution in [2.24, 2.45) is 0 Å². The Morgan fingerprint density at radius 1 is 0.971 bits per heavy atom. The van der Waals surface area contributed by atoms with Crippen LogP contribution >= 0.6 is 0 Å². The van der Waals surface area contributed by atoms with Gasteiger partial charge in [0.15, 0.2) is 0 Å². The molecule has 0 aliphatic rings. The largest absolute Gasteiger partial charge is 0.334 e. The summed E-state index contributed by atoms with van der Waals surface area (Å²) in [6, 6.07) is 15.8. The van der Waals surface area contributed by atoms with Gasteiger partial charge in [0.2, 0.25) is 5.82 Å². The predicted octanol–water partition coefficient (Wildman–Crippen LogP) is 4.09. The number of benzene rings is 1. The number of tetrazole rings is 1. The number of aromatic nitrogens is 8. The van der Waals surface area contributed by atoms with Gasteiger partial charge in [0.1, 0.15) is 5.82 Å². The molecule has 35 heavy (non-hydrogen) atoms. The number of nitrogens with zero attached hydrogens (tertiary/aromatic N) is 7. The molecule has 0 aliphatic carbocycles. The van der Waals surface area contributed by atoms with Crippen molar-refractivity contribution < 1.29 is 0 Å². The van der Waals surface area contributed by atoms with Crippen molar-refractivity contribution in [1.29, 1.82) is 0 Å². The van der Waals surface area contributed by atoms with Gasteiger partial charge in [-0.1, -0.05) is 50.6 Å². The highest BCUT2D eigenvalue weighted by atomic mass is 16.1. The normalized spacial score (nSPS) is 11.3. The van der Waals surface area contributed by atoms with E-state index in [1.165, 1.54) is 0 Å². The van der Waals surface area contributed by atoms with Gasteiger partial charge in [-0.15, -0.1) is 10.2 Å². The minimum atomic E-state index is -0.0315. The fourth-order valence-electron chi connectivity index (χ4n) is 4.41. The molecule has 0 saturated heterocycles. The average Bonchev–Trinajstić information content (AvgIpc) is 3.63. The SMILES string of the molecule is CCCc1cn(-c2cccn2CCC)c(=O)n1Cc1ccc(-c2ccccc2-c2nn[nH]n2)nc1. The van der Waals surface area contributed by atoms with Crippen LogP contribution in [0.1, 0.15) is 37.9 Å². The van der Waals surface area contributed by atoms with Crippen LogP contribution in [-0.2, 0) is 19.5 Å². The molecule has 1 N–H and O–H groups in total. The minimum Gasteiger partial charge on any atom is -0.334 e. The first-order chi connectivity index (χ1) is 17.2. The molecule has 5 rings (SSSR count). The van der Waals surface area contributed by atoms with Gasteiger partial charge < -0.3 is 4.57 Å². The van der Waals surface area contributed by atoms with Crippen molar-refractivity contribution in [2.75, 3.05) is 0 Å². The minimum absolute atomic E-state index is 0.0315. The van der Waals surface area contributed by atoms with Gasteiger partial charge in [-0.05, 0) is 41.8 Å². The van der Waals surface area contributed by atoms with Crippen LogP contribution in [0.3, 0.4) is 0 Å². The first-order valence-electron chi connectivity index (χ1n) is 11.9. The molecule has 0 atom stereocenters. The van der Waals surface area contributed by atoms with E-state index in [0.29, 0.717) is 12.4 Å². The highest BCUT2D eigenvalue weighted by Crippen LogP contribution is 2.28. The lowest BCUT2D eigenvalue weighted by atomic mass is 10.0. The Kier molecular flexibility index (Phi) is 6.38. The second-order valence-electron chi connectivity index (χ2n) is 8.50. The number of hydrogen-bond acceptors (Lipinski definition) is 5. The second-order valence-corrected chi connectivity index (χ2v) is 8.50. The lowest BCUT2D eigenvalue weighted by molar-refractivity contribution is 0.647. The monoisotopic (exact) mass is 468 g/mol. The standard InChI is InChI=1S/C26H28N8O/c1-3-8-20-18-34(24-11-7-15-32(24)14-4-2)26(35)33(20)17-19-12-13-23(27-16-19)21-9-5-6-10-22(21)25-28-30-31-29-25/h5-7,9-13,15-16,18H,3-4,8,14,17H2,1-2H3,(H,28,29,30,31). The third-order valence-corrected chi connectivity index (χ3v) is 6.04. The number of nitrogens with one attached hydrogen (secondary N) is 1. The summed E-state index contributed by atoms with van der Waals surface area (Å²) < 4.78 is 5.75. The quantitative estimate of drug-likeness (QED) is 0.351. The highest BCUT2D eigenvalue weighted by molar-refractivity contribution is 5.78. The van der Waals surface area contributed by atoms with E-state index >= 15 is 0 Å². The Morgan fingerprint density at radius 3 is 2.54 bits per heavy atom. The van der Waals surface area contributed by atoms with Crippen molar-refractivity contribution >= 4 is 0 Å². The maximum absolute atomic E-state index is 13.5. The molecular weight excluding hydrogens is 440 g/mol. The van der Waals surface area contributed by atoms with Crippen molar-refractivity contribution in [3.8, 4) is 28.5 Å². The second kappa shape index (κ2) is 9.92. The topological polar surface area (TPSA) is 99.2 Å². The molecule has 9 heteroatoms. The fourth-order valence-corrected chi connectivity index (χ4v) is 4.41. The van der Waals surface area contributed by atoms with Crippen LogP contribution < -0.4 is 5.69 Å². The Bertz CT molecular complexity index is 1460. The number of hydrogen-bond donors (Lipinski definition) is 1. The van der Waals surface area contributed by atoms with E-state index < -0.39 is 0 Å². The third-order valence-electron chi connectivity index (χ3n) is 6.04. The summed E-state index contributed by atoms with van der Waals surface area (Å²) in [6.07, 6.45) is 8.64. The van der Waals surface area contributed by atoms with E-state index in [0.717, 1.165) is 59.7 Å². The predicted molar refractivity (Wildman–Crippen MR) is 134 cm³/mol. The molecule has 4 aromatic heterocycles. The molecule has 0 radical (unpaired) electrons. The molecule has 5 aromatic rings. The molecule has 0 unspecified atom stereocenters. The summed E-state index contributed by atoms with van der Waals surface area (Å²) >= 11 is 0. The van der Waals surface area contributed by atoms with Crippen molar-refractivity contribution in [3.63, 3.8) is 0 Å². The van der Waals surface area contributed by atoms with Gasteiger partial charge in [0.05, 0.1) is 12.2 Å². The van der Waals surface area contributed by atoms with E-state index in [1.807, 2.05) is 71.7 Å². The molecule has 0 spiro atoms. The molecule has 9 nitrogen and oxygen atoms in total. The molecular formula is C26H28N8O. The van der Waals surface area contributed by atoms with Crippen LogP contribution in [-0.4, -0.2) is 39.3 Å². The maximum atomic E-state index is 13.5. The van der Waals surface area contributed by atoms with Gasteiger partial charge in [0.25, 0.3) is 0 Å². The smallest absolute Gasteiger partial charge is 0.334 e. The molecule has 0 fully saturated rings. The van der Waals surface area contributed by atoms with Gasteiger partial charge >= 0.3 is 5.69 Å². The van der Waals surface area contributed by atoms with Crippen LogP contribution in [0.4, 0.5) is 0 Å². The Labute approximate surface area is 203 Å². The van der Waals surface area contributed by atoms with Crippen molar-refractivity contribution in [3.05, 3.63) is 88.9 Å². The highest BCUT2D eigenvalue weighted by Gasteiger charge is 2.16. The maximum Gasteiger partial charge on any atom is 0.334 e. The van der Waals surface area contributed by atoms with Gasteiger partial charge in [0, 0.05) is 42.0 Å². The summed E-state index contributed by atoms with van der Waals surface area (Å²) in [5, 5.41) is 14.4. The summed E-state index contributed by atoms with van der Waals surface area (Å²) in [4.78, 5) is 18.2. The lowest BCUT2D eigenvalue weighted by Crippen LogP contribution is -2.26. The fraction of sp³-hybridized carbons (Fsp3) is 0.269. The average molecular weight is 469 g/mol. The molecule has 178 valence electrons. The van der Waals surface area contributed by atoms with E-state index in [-0.39, 0.29) is 5.69 Å². The first kappa shape index (κ1) is 22.5. The van der Waals surface area contributed by atoms with Gasteiger partial charge in [-0.25, -0.2) is 4.79 Å². The van der Waals surface area contributed by atoms with Crippen LogP contribution in [0.2, 0.25) is 0 Å². The number of aromatic amines is 1. The molecule has 0 amide bonds. The Morgan fingerprint density at radius 2 is 1.83 bits per heavy atom. The van der Waals surface area contributed by atoms with Crippen LogP contribution in [0.25, 0.3) is 28.5 Å². The Balaban J connectivity index is 1.46. The van der Waals surface area contributed by atoms with Crippen molar-refractivity contribution in [1.82, 2.24) is 39.3 Å². The number of imidazole rings is 1. The van der Waals surface area contributed by atoms with Gasteiger partial charge in [-0.3, -0.25) is 14.1 Å². The number of aryl methyl sites for hydroxylation is 2. The molecule has 0 saturated carbocycles. The van der Waals surface area contributed by atoms with E-state index in [9.17, 15) is 4.79 Å². The first-order valence-corrected chi connectivity index (χ1v) is 11.9. The number of pyridine rings is 1. The summed E-state index contributed by atoms with van der Waals surface area (Å²) in [5.41, 5.74) is 4.55. The third kappa shape index (κ3) is 4.44. The number of H-pyrrole nitrogens is 1. The molecule has 0 aliphatic heterocycles. The lowest BCUT2D eigenvalue weighted by Gasteiger charge is -2.09. The molecule has 4 heterocycles. The van der Waals surface area contributed by atoms with Crippen LogP contribution in [0, 0.1) is 0 Å². The zero-order chi connectivity index (χ0) is 24.2. The zero-order valence-electron chi connectivity index (χ0n) is 19.9. The summed E-state index contributed by atoms with van der Waals surface area (Å²) in [5.74, 6) is 1.43. The van der Waals surface area contributed by atoms with Crippen LogP contribution in [0.5, 0.6) is 0 Å².